The van der Waals surface area contributed by atoms with Gasteiger partial charge < -0.3 is 0 Å². The molecule has 0 heterocycles. The van der Waals surface area contributed by atoms with Gasteiger partial charge in [-0.2, -0.15) is 0 Å². The second-order valence-corrected chi connectivity index (χ2v) is 0. The standard InChI is InChI=1S/8CO.2HI.2Os/c8*1-2;;;;/h;;;;;;;;2*1H;;/q;;;;;;;;;;2*+1/p-2. The predicted octanol–water partition coefficient (Wildman–Crippen LogP) is 1.47. The molecule has 0 bridgehead atoms. The number of hydrogen-bond donors (Lipinski definition) is 0. The fourth-order valence-electron chi connectivity index (χ4n) is 0. The van der Waals surface area contributed by atoms with E-state index in [1.54, 1.807) is 0 Å². The van der Waals surface area contributed by atoms with Crippen molar-refractivity contribution in [1.29, 1.82) is 0 Å². The Bertz CT molecular complexity index is 144. The van der Waals surface area contributed by atoms with Gasteiger partial charge in [-0.3, -0.25) is 0 Å². The van der Waals surface area contributed by atoms with Crippen molar-refractivity contribution in [2.24, 2.45) is 0 Å². The van der Waals surface area contributed by atoms with E-state index in [4.69, 9.17) is 37.2 Å². The third-order valence-corrected chi connectivity index (χ3v) is 0. The average molecular weight is 858 g/mol. The van der Waals surface area contributed by atoms with E-state index in [1.165, 1.54) is 0 Å². The third-order valence-electron chi connectivity index (χ3n) is 0. The van der Waals surface area contributed by atoms with Crippen LogP contribution in [-0.2, 0) is 67.3 Å². The molecule has 0 fully saturated rings. The second-order valence-electron chi connectivity index (χ2n) is 0. The SMILES string of the molecule is [C-]#[O+].[C-]#[O+].[C-]#[O+].[C-]#[O+].[C-]#[O+].[C-]#[O+].[C-]#[O+].[C-]#[O+].[I][Os].[I][Os]. The number of hydrogen-bond acceptors (Lipinski definition) is 0. The normalized spacial score (nSPS) is 1.40. The average Bonchev–Trinajstić information content (AvgIpc) is 2.71. The van der Waals surface area contributed by atoms with Gasteiger partial charge in [0.1, 0.15) is 0 Å². The zero-order valence-electron chi connectivity index (χ0n) is 8.73. The Labute approximate surface area is 158 Å². The Balaban J connectivity index is -0.00000000694. The maximum absolute atomic E-state index is 7.50. The molecule has 12 heteroatoms. The summed E-state index contributed by atoms with van der Waals surface area (Å²) in [6, 6.07) is 0. The van der Waals surface area contributed by atoms with Crippen LogP contribution >= 0.6 is 39.3 Å². The molecule has 0 radical (unpaired) electrons. The van der Waals surface area contributed by atoms with Crippen LogP contribution < -0.4 is 0 Å². The summed E-state index contributed by atoms with van der Waals surface area (Å²) in [5.74, 6) is 0. The van der Waals surface area contributed by atoms with Gasteiger partial charge in [0.25, 0.3) is 0 Å². The first-order chi connectivity index (χ1) is 10.0. The molecule has 0 aliphatic rings. The molecule has 0 aromatic rings. The van der Waals surface area contributed by atoms with Crippen LogP contribution in [0.2, 0.25) is 0 Å². The molecule has 8 nitrogen and oxygen atoms in total. The van der Waals surface area contributed by atoms with Crippen molar-refractivity contribution in [1.82, 2.24) is 0 Å². The first-order valence-corrected chi connectivity index (χ1v) is 16.3. The molecule has 0 aromatic heterocycles. The molecule has 0 rings (SSSR count). The maximum atomic E-state index is 7.50. The monoisotopic (exact) mass is 862 g/mol. The summed E-state index contributed by atoms with van der Waals surface area (Å²) in [5, 5.41) is 0. The van der Waals surface area contributed by atoms with E-state index >= 15 is 0 Å². The zero-order chi connectivity index (χ0) is 20.0. The third kappa shape index (κ3) is 13600. The molecule has 0 atom stereocenters. The summed E-state index contributed by atoms with van der Waals surface area (Å²) in [6.07, 6.45) is 0. The van der Waals surface area contributed by atoms with Gasteiger partial charge in [-0.05, 0) is 0 Å². The van der Waals surface area contributed by atoms with Crippen LogP contribution in [0.1, 0.15) is 0 Å². The minimum atomic E-state index is 1.83. The summed E-state index contributed by atoms with van der Waals surface area (Å²) in [4.78, 5) is 0. The van der Waals surface area contributed by atoms with Crippen LogP contribution in [0.25, 0.3) is 0 Å². The molecule has 0 unspecified atom stereocenters. The molecular weight excluding hydrogens is 858 g/mol. The fourth-order valence-corrected chi connectivity index (χ4v) is 0. The predicted molar refractivity (Wildman–Crippen MR) is 59.5 cm³/mol. The summed E-state index contributed by atoms with van der Waals surface area (Å²) < 4.78 is 60.0. The van der Waals surface area contributed by atoms with Gasteiger partial charge in [0.2, 0.25) is 0 Å². The molecular formula is C8I2O8Os2. The van der Waals surface area contributed by atoms with Crippen molar-refractivity contribution in [3.8, 4) is 0 Å². The van der Waals surface area contributed by atoms with Crippen LogP contribution in [0, 0.1) is 53.2 Å². The van der Waals surface area contributed by atoms with Gasteiger partial charge in [-0.25, -0.2) is 0 Å². The minimum absolute atomic E-state index is 1.83. The van der Waals surface area contributed by atoms with E-state index in [1.807, 2.05) is 30.1 Å². The van der Waals surface area contributed by atoms with E-state index < -0.39 is 0 Å². The molecule has 20 heavy (non-hydrogen) atoms. The Morgan fingerprint density at radius 3 is 0.300 bits per heavy atom. The van der Waals surface area contributed by atoms with Gasteiger partial charge in [-0.15, -0.1) is 0 Å². The molecule has 0 aromatic carbocycles. The Kier molecular flexibility index (Phi) is 56400. The van der Waals surface area contributed by atoms with Crippen LogP contribution in [0.15, 0.2) is 0 Å². The second kappa shape index (κ2) is 16000. The topological polar surface area (TPSA) is 159 Å². The molecule has 0 spiro atoms. The van der Waals surface area contributed by atoms with E-state index in [-0.39, 0.29) is 0 Å². The van der Waals surface area contributed by atoms with Crippen molar-refractivity contribution >= 4 is 39.3 Å². The van der Waals surface area contributed by atoms with E-state index in [9.17, 15) is 0 Å². The molecule has 0 saturated heterocycles. The van der Waals surface area contributed by atoms with Crippen LogP contribution in [0.4, 0.5) is 0 Å². The molecule has 0 N–H and O–H groups in total. The van der Waals surface area contributed by atoms with E-state index in [0.29, 0.717) is 0 Å². The van der Waals surface area contributed by atoms with E-state index in [0.717, 1.165) is 0 Å². The molecule has 110 valence electrons. The first kappa shape index (κ1) is 70.3. The van der Waals surface area contributed by atoms with Gasteiger partial charge in [0, 0.05) is 0 Å². The summed E-state index contributed by atoms with van der Waals surface area (Å²) >= 11 is 8.02. The van der Waals surface area contributed by atoms with Crippen LogP contribution in [-0.4, -0.2) is 0 Å². The first-order valence-electron chi connectivity index (χ1n) is 1.90. The molecule has 0 amide bonds. The van der Waals surface area contributed by atoms with Gasteiger partial charge in [-0.1, -0.05) is 0 Å². The van der Waals surface area contributed by atoms with Gasteiger partial charge in [0.15, 0.2) is 0 Å². The van der Waals surface area contributed by atoms with Gasteiger partial charge >= 0.3 is 160 Å². The van der Waals surface area contributed by atoms with Crippen molar-refractivity contribution in [3.05, 3.63) is 53.2 Å². The molecule has 0 aliphatic carbocycles. The fraction of sp³-hybridized carbons (Fsp3) is 0. The quantitative estimate of drug-likeness (QED) is 0.197. The Hall–Kier alpha value is 0.653. The Morgan fingerprint density at radius 1 is 0.300 bits per heavy atom. The van der Waals surface area contributed by atoms with E-state index in [2.05, 4.69) is 92.5 Å². The number of halogens is 2. The van der Waals surface area contributed by atoms with Crippen molar-refractivity contribution in [3.63, 3.8) is 0 Å². The Morgan fingerprint density at radius 2 is 0.300 bits per heavy atom. The molecule has 0 saturated carbocycles. The van der Waals surface area contributed by atoms with Crippen LogP contribution in [0.5, 0.6) is 0 Å². The zero-order valence-corrected chi connectivity index (χ0v) is 18.1. The summed E-state index contributed by atoms with van der Waals surface area (Å²) in [6.45, 7) is 36.0. The van der Waals surface area contributed by atoms with Crippen LogP contribution in [0.3, 0.4) is 0 Å². The van der Waals surface area contributed by atoms with Gasteiger partial charge in [0.05, 0.1) is 0 Å². The van der Waals surface area contributed by atoms with Crippen molar-refractivity contribution in [2.45, 2.75) is 0 Å². The summed E-state index contributed by atoms with van der Waals surface area (Å²) in [7, 11) is 0. The number of rotatable bonds is 0. The van der Waals surface area contributed by atoms with Crippen molar-refractivity contribution < 1.29 is 67.3 Å². The molecule has 0 aliphatic heterocycles. The summed E-state index contributed by atoms with van der Waals surface area (Å²) in [5.41, 5.74) is 0. The van der Waals surface area contributed by atoms with Crippen molar-refractivity contribution in [2.75, 3.05) is 0 Å².